The summed E-state index contributed by atoms with van der Waals surface area (Å²) < 4.78 is 27.7. The average molecular weight is 406 g/mol. The van der Waals surface area contributed by atoms with Crippen LogP contribution >= 0.6 is 11.3 Å². The van der Waals surface area contributed by atoms with Gasteiger partial charge in [-0.15, -0.1) is 11.3 Å². The second-order valence-corrected chi connectivity index (χ2v) is 9.97. The fraction of sp³-hybridized carbons (Fsp3) is 0.474. The Kier molecular flexibility index (Phi) is 5.05. The number of rotatable bonds is 5. The maximum atomic E-state index is 13.1. The van der Waals surface area contributed by atoms with Crippen LogP contribution in [0, 0.1) is 6.92 Å². The molecule has 1 aliphatic heterocycles. The van der Waals surface area contributed by atoms with Crippen LogP contribution in [0.25, 0.3) is 0 Å². The minimum Gasteiger partial charge on any atom is -0.338 e. The van der Waals surface area contributed by atoms with E-state index < -0.39 is 10.0 Å². The predicted octanol–water partition coefficient (Wildman–Crippen LogP) is 2.91. The van der Waals surface area contributed by atoms with Gasteiger partial charge in [0, 0.05) is 42.2 Å². The van der Waals surface area contributed by atoms with E-state index in [1.165, 1.54) is 6.07 Å². The number of thiazole rings is 1. The SMILES string of the molecule is Cc1ccc(S(=O)(=O)NC2CC2)cc1C(=O)N1CCCC(c2nccs2)C1. The van der Waals surface area contributed by atoms with E-state index in [9.17, 15) is 13.2 Å². The van der Waals surface area contributed by atoms with Crippen LogP contribution in [-0.2, 0) is 10.0 Å². The highest BCUT2D eigenvalue weighted by atomic mass is 32.2. The van der Waals surface area contributed by atoms with E-state index in [1.54, 1.807) is 29.7 Å². The lowest BCUT2D eigenvalue weighted by molar-refractivity contribution is 0.0706. The Labute approximate surface area is 163 Å². The largest absolute Gasteiger partial charge is 0.338 e. The Hall–Kier alpha value is -1.77. The van der Waals surface area contributed by atoms with Crippen molar-refractivity contribution in [3.05, 3.63) is 45.9 Å². The number of hydrogen-bond acceptors (Lipinski definition) is 5. The molecule has 1 unspecified atom stereocenters. The monoisotopic (exact) mass is 405 g/mol. The van der Waals surface area contributed by atoms with Crippen LogP contribution in [0.3, 0.4) is 0 Å². The van der Waals surface area contributed by atoms with Crippen LogP contribution < -0.4 is 4.72 Å². The van der Waals surface area contributed by atoms with Crippen molar-refractivity contribution in [2.75, 3.05) is 13.1 Å². The van der Waals surface area contributed by atoms with Crippen LogP contribution in [-0.4, -0.2) is 43.3 Å². The molecule has 1 aromatic heterocycles. The lowest BCUT2D eigenvalue weighted by Crippen LogP contribution is -2.39. The van der Waals surface area contributed by atoms with Gasteiger partial charge in [0.05, 0.1) is 9.90 Å². The first-order valence-corrected chi connectivity index (χ1v) is 11.6. The quantitative estimate of drug-likeness (QED) is 0.830. The third-order valence-corrected chi connectivity index (χ3v) is 7.61. The molecule has 2 fully saturated rings. The summed E-state index contributed by atoms with van der Waals surface area (Å²) in [5, 5.41) is 3.02. The van der Waals surface area contributed by atoms with Crippen molar-refractivity contribution in [1.82, 2.24) is 14.6 Å². The summed E-state index contributed by atoms with van der Waals surface area (Å²) >= 11 is 1.62. The minimum atomic E-state index is -3.58. The zero-order chi connectivity index (χ0) is 19.0. The van der Waals surface area contributed by atoms with E-state index in [4.69, 9.17) is 0 Å². The number of likely N-dealkylation sites (tertiary alicyclic amines) is 1. The molecule has 27 heavy (non-hydrogen) atoms. The maximum absolute atomic E-state index is 13.1. The number of hydrogen-bond donors (Lipinski definition) is 1. The minimum absolute atomic E-state index is 0.0385. The molecule has 1 amide bonds. The highest BCUT2D eigenvalue weighted by Crippen LogP contribution is 2.30. The summed E-state index contributed by atoms with van der Waals surface area (Å²) in [5.41, 5.74) is 1.26. The Morgan fingerprint density at radius 2 is 2.11 bits per heavy atom. The highest BCUT2D eigenvalue weighted by Gasteiger charge is 2.30. The number of nitrogens with zero attached hydrogens (tertiary/aromatic N) is 2. The number of carbonyl (C=O) groups excluding carboxylic acids is 1. The molecule has 0 radical (unpaired) electrons. The van der Waals surface area contributed by atoms with Crippen molar-refractivity contribution >= 4 is 27.3 Å². The van der Waals surface area contributed by atoms with Gasteiger partial charge >= 0.3 is 0 Å². The van der Waals surface area contributed by atoms with Crippen molar-refractivity contribution in [2.24, 2.45) is 0 Å². The third kappa shape index (κ3) is 4.07. The molecule has 1 aromatic carbocycles. The summed E-state index contributed by atoms with van der Waals surface area (Å²) in [5.74, 6) is 0.156. The standard InChI is InChI=1S/C19H23N3O3S2/c1-13-4-7-16(27(24,25)21-15-5-6-15)11-17(13)19(23)22-9-2-3-14(12-22)18-20-8-10-26-18/h4,7-8,10-11,14-15,21H,2-3,5-6,9,12H2,1H3. The molecule has 4 rings (SSSR count). The van der Waals surface area contributed by atoms with Gasteiger partial charge < -0.3 is 4.90 Å². The number of carbonyl (C=O) groups is 1. The third-order valence-electron chi connectivity index (χ3n) is 5.16. The fourth-order valence-corrected chi connectivity index (χ4v) is 5.56. The van der Waals surface area contributed by atoms with Crippen LogP contribution in [0.4, 0.5) is 0 Å². The summed E-state index contributed by atoms with van der Waals surface area (Å²) in [6, 6.07) is 4.86. The predicted molar refractivity (Wildman–Crippen MR) is 105 cm³/mol. The molecule has 8 heteroatoms. The van der Waals surface area contributed by atoms with Crippen LogP contribution in [0.5, 0.6) is 0 Å². The summed E-state index contributed by atoms with van der Waals surface area (Å²) in [6.07, 6.45) is 5.50. The molecule has 144 valence electrons. The second-order valence-electron chi connectivity index (χ2n) is 7.33. The van der Waals surface area contributed by atoms with E-state index in [-0.39, 0.29) is 22.8 Å². The van der Waals surface area contributed by atoms with E-state index in [1.807, 2.05) is 17.2 Å². The Bertz CT molecular complexity index is 937. The van der Waals surface area contributed by atoms with E-state index in [0.29, 0.717) is 18.7 Å². The van der Waals surface area contributed by atoms with Crippen LogP contribution in [0.1, 0.15) is 52.5 Å². The summed E-state index contributed by atoms with van der Waals surface area (Å²) in [7, 11) is -3.58. The molecule has 6 nitrogen and oxygen atoms in total. The first-order chi connectivity index (χ1) is 12.9. The molecule has 1 saturated heterocycles. The summed E-state index contributed by atoms with van der Waals surface area (Å²) in [4.78, 5) is 19.5. The molecule has 1 atom stereocenters. The van der Waals surface area contributed by atoms with Crippen molar-refractivity contribution in [1.29, 1.82) is 0 Å². The van der Waals surface area contributed by atoms with E-state index in [0.717, 1.165) is 36.3 Å². The lowest BCUT2D eigenvalue weighted by Gasteiger charge is -2.32. The van der Waals surface area contributed by atoms with Crippen LogP contribution in [0.15, 0.2) is 34.7 Å². The topological polar surface area (TPSA) is 79.4 Å². The number of aryl methyl sites for hydroxylation is 1. The van der Waals surface area contributed by atoms with Gasteiger partial charge in [-0.25, -0.2) is 18.1 Å². The zero-order valence-electron chi connectivity index (χ0n) is 15.2. The van der Waals surface area contributed by atoms with E-state index >= 15 is 0 Å². The molecule has 1 saturated carbocycles. The smallest absolute Gasteiger partial charge is 0.254 e. The number of piperidine rings is 1. The second kappa shape index (κ2) is 7.33. The molecule has 2 heterocycles. The fourth-order valence-electron chi connectivity index (χ4n) is 3.46. The first kappa shape index (κ1) is 18.6. The van der Waals surface area contributed by atoms with Crippen molar-refractivity contribution < 1.29 is 13.2 Å². The van der Waals surface area contributed by atoms with Crippen LogP contribution in [0.2, 0.25) is 0 Å². The molecule has 0 bridgehead atoms. The number of aromatic nitrogens is 1. The molecule has 1 aliphatic carbocycles. The molecule has 2 aromatic rings. The molecule has 1 N–H and O–H groups in total. The van der Waals surface area contributed by atoms with Gasteiger partial charge in [0.15, 0.2) is 0 Å². The molecular formula is C19H23N3O3S2. The maximum Gasteiger partial charge on any atom is 0.254 e. The van der Waals surface area contributed by atoms with Gasteiger partial charge in [-0.1, -0.05) is 6.07 Å². The lowest BCUT2D eigenvalue weighted by atomic mass is 9.97. The highest BCUT2D eigenvalue weighted by molar-refractivity contribution is 7.89. The number of benzene rings is 1. The Morgan fingerprint density at radius 1 is 1.30 bits per heavy atom. The average Bonchev–Trinajstić information content (AvgIpc) is 3.29. The first-order valence-electron chi connectivity index (χ1n) is 9.26. The van der Waals surface area contributed by atoms with Crippen molar-refractivity contribution in [3.63, 3.8) is 0 Å². The van der Waals surface area contributed by atoms with Gasteiger partial charge in [-0.05, 0) is 50.3 Å². The summed E-state index contributed by atoms with van der Waals surface area (Å²) in [6.45, 7) is 3.17. The van der Waals surface area contributed by atoms with Gasteiger partial charge in [-0.3, -0.25) is 4.79 Å². The molecular weight excluding hydrogens is 382 g/mol. The van der Waals surface area contributed by atoms with Gasteiger partial charge in [0.2, 0.25) is 10.0 Å². The number of sulfonamides is 1. The molecule has 2 aliphatic rings. The zero-order valence-corrected chi connectivity index (χ0v) is 16.9. The Morgan fingerprint density at radius 3 is 2.81 bits per heavy atom. The van der Waals surface area contributed by atoms with Crippen molar-refractivity contribution in [2.45, 2.75) is 49.5 Å². The van der Waals surface area contributed by atoms with Gasteiger partial charge in [0.1, 0.15) is 0 Å². The van der Waals surface area contributed by atoms with Gasteiger partial charge in [0.25, 0.3) is 5.91 Å². The van der Waals surface area contributed by atoms with E-state index in [2.05, 4.69) is 9.71 Å². The number of nitrogens with one attached hydrogen (secondary N) is 1. The molecule has 0 spiro atoms. The normalized spacial score (nSPS) is 20.6. The number of amides is 1. The van der Waals surface area contributed by atoms with Gasteiger partial charge in [-0.2, -0.15) is 0 Å². The Balaban J connectivity index is 1.56. The van der Waals surface area contributed by atoms with Crippen molar-refractivity contribution in [3.8, 4) is 0 Å².